The van der Waals surface area contributed by atoms with Crippen molar-refractivity contribution in [3.05, 3.63) is 28.7 Å². The van der Waals surface area contributed by atoms with Gasteiger partial charge in [0.2, 0.25) is 0 Å². The van der Waals surface area contributed by atoms with Crippen LogP contribution in [-0.4, -0.2) is 18.8 Å². The van der Waals surface area contributed by atoms with Crippen molar-refractivity contribution in [3.8, 4) is 0 Å². The Labute approximate surface area is 105 Å². The van der Waals surface area contributed by atoms with Crippen molar-refractivity contribution < 1.29 is 0 Å². The van der Waals surface area contributed by atoms with Gasteiger partial charge >= 0.3 is 0 Å². The average molecular weight is 288 g/mol. The normalized spacial score (nSPS) is 13.1. The number of nitrogens with one attached hydrogen (secondary N) is 1. The topological polar surface area (TPSA) is 12.0 Å². The first-order valence-electron chi connectivity index (χ1n) is 5.19. The molecule has 1 aromatic rings. The van der Waals surface area contributed by atoms with Gasteiger partial charge in [0.05, 0.1) is 0 Å². The Hall–Kier alpha value is 0.01000. The predicted molar refractivity (Wildman–Crippen MR) is 72.6 cm³/mol. The molecule has 0 aliphatic rings. The van der Waals surface area contributed by atoms with Crippen molar-refractivity contribution >= 4 is 27.7 Å². The molecule has 0 aromatic heterocycles. The maximum atomic E-state index is 3.49. The summed E-state index contributed by atoms with van der Waals surface area (Å²) in [5.74, 6) is 1.79. The van der Waals surface area contributed by atoms with Gasteiger partial charge in [-0.3, -0.25) is 0 Å². The maximum absolute atomic E-state index is 3.49. The van der Waals surface area contributed by atoms with E-state index in [1.54, 1.807) is 0 Å². The van der Waals surface area contributed by atoms with Crippen LogP contribution < -0.4 is 5.32 Å². The zero-order chi connectivity index (χ0) is 11.3. The highest BCUT2D eigenvalue weighted by atomic mass is 79.9. The van der Waals surface area contributed by atoms with Crippen LogP contribution in [0.15, 0.2) is 33.6 Å². The molecule has 1 nitrogen and oxygen atoms in total. The van der Waals surface area contributed by atoms with Gasteiger partial charge in [0, 0.05) is 21.2 Å². The molecule has 0 saturated carbocycles. The molecule has 0 radical (unpaired) electrons. The first-order chi connectivity index (χ1) is 7.13. The van der Waals surface area contributed by atoms with Gasteiger partial charge in [-0.05, 0) is 31.2 Å². The van der Waals surface area contributed by atoms with E-state index in [9.17, 15) is 0 Å². The van der Waals surface area contributed by atoms with Crippen LogP contribution >= 0.6 is 27.7 Å². The van der Waals surface area contributed by atoms with Gasteiger partial charge in [-0.25, -0.2) is 0 Å². The Kier molecular flexibility index (Phi) is 5.72. The minimum absolute atomic E-state index is 0.578. The van der Waals surface area contributed by atoms with Crippen LogP contribution in [0, 0.1) is 5.92 Å². The van der Waals surface area contributed by atoms with E-state index in [1.807, 2.05) is 18.8 Å². The van der Waals surface area contributed by atoms with E-state index in [2.05, 4.69) is 59.4 Å². The lowest BCUT2D eigenvalue weighted by Gasteiger charge is -2.19. The summed E-state index contributed by atoms with van der Waals surface area (Å²) >= 11 is 5.39. The molecule has 1 unspecified atom stereocenters. The second-order valence-electron chi connectivity index (χ2n) is 3.91. The number of benzene rings is 1. The fourth-order valence-corrected chi connectivity index (χ4v) is 3.21. The van der Waals surface area contributed by atoms with Gasteiger partial charge in [0.1, 0.15) is 0 Å². The van der Waals surface area contributed by atoms with Crippen molar-refractivity contribution in [2.75, 3.05) is 12.8 Å². The molecule has 1 rings (SSSR count). The second-order valence-corrected chi connectivity index (χ2v) is 5.92. The Bertz CT molecular complexity index is 301. The summed E-state index contributed by atoms with van der Waals surface area (Å²) in [5.41, 5.74) is 0. The number of halogens is 1. The molecule has 0 aliphatic heterocycles. The number of hydrogen-bond donors (Lipinski definition) is 1. The second kappa shape index (κ2) is 6.56. The van der Waals surface area contributed by atoms with Crippen LogP contribution in [0.3, 0.4) is 0 Å². The van der Waals surface area contributed by atoms with Crippen molar-refractivity contribution in [1.29, 1.82) is 0 Å². The van der Waals surface area contributed by atoms with Crippen LogP contribution in [-0.2, 0) is 0 Å². The lowest BCUT2D eigenvalue weighted by atomic mass is 10.1. The smallest absolute Gasteiger partial charge is 0.0186 e. The molecule has 0 fully saturated rings. The third kappa shape index (κ3) is 4.58. The average Bonchev–Trinajstić information content (AvgIpc) is 2.18. The summed E-state index contributed by atoms with van der Waals surface area (Å²) in [5, 5.41) is 3.35. The van der Waals surface area contributed by atoms with E-state index >= 15 is 0 Å². The van der Waals surface area contributed by atoms with Crippen LogP contribution in [0.25, 0.3) is 0 Å². The first kappa shape index (κ1) is 13.1. The Morgan fingerprint density at radius 3 is 2.67 bits per heavy atom. The molecule has 0 bridgehead atoms. The Balaban J connectivity index is 2.49. The Morgan fingerprint density at radius 2 is 2.13 bits per heavy atom. The lowest BCUT2D eigenvalue weighted by Crippen LogP contribution is -2.32. The van der Waals surface area contributed by atoms with Crippen LogP contribution in [0.1, 0.15) is 13.8 Å². The summed E-state index contributed by atoms with van der Waals surface area (Å²) < 4.78 is 1.15. The van der Waals surface area contributed by atoms with E-state index in [0.717, 1.165) is 10.2 Å². The number of thioether (sulfide) groups is 1. The monoisotopic (exact) mass is 287 g/mol. The molecular weight excluding hydrogens is 270 g/mol. The fourth-order valence-electron chi connectivity index (χ4n) is 1.35. The van der Waals surface area contributed by atoms with Crippen molar-refractivity contribution in [1.82, 2.24) is 5.32 Å². The number of rotatable bonds is 5. The predicted octanol–water partition coefficient (Wildman–Crippen LogP) is 3.79. The van der Waals surface area contributed by atoms with Crippen LogP contribution in [0.4, 0.5) is 0 Å². The van der Waals surface area contributed by atoms with Gasteiger partial charge in [0.15, 0.2) is 0 Å². The van der Waals surface area contributed by atoms with Gasteiger partial charge in [-0.15, -0.1) is 11.8 Å². The van der Waals surface area contributed by atoms with Gasteiger partial charge in [-0.2, -0.15) is 0 Å². The van der Waals surface area contributed by atoms with Gasteiger partial charge < -0.3 is 5.32 Å². The van der Waals surface area contributed by atoms with E-state index in [-0.39, 0.29) is 0 Å². The largest absolute Gasteiger partial charge is 0.316 e. The molecule has 15 heavy (non-hydrogen) atoms. The van der Waals surface area contributed by atoms with Crippen molar-refractivity contribution in [3.63, 3.8) is 0 Å². The van der Waals surface area contributed by atoms with Crippen molar-refractivity contribution in [2.45, 2.75) is 24.8 Å². The molecule has 0 amide bonds. The highest BCUT2D eigenvalue weighted by molar-refractivity contribution is 9.10. The molecular formula is C12H18BrNS. The van der Waals surface area contributed by atoms with E-state index in [4.69, 9.17) is 0 Å². The Morgan fingerprint density at radius 1 is 1.40 bits per heavy atom. The van der Waals surface area contributed by atoms with E-state index < -0.39 is 0 Å². The summed E-state index contributed by atoms with van der Waals surface area (Å²) in [6, 6.07) is 9.03. The molecule has 0 aliphatic carbocycles. The maximum Gasteiger partial charge on any atom is 0.0186 e. The molecule has 1 aromatic carbocycles. The number of hydrogen-bond acceptors (Lipinski definition) is 2. The fraction of sp³-hybridized carbons (Fsp3) is 0.500. The van der Waals surface area contributed by atoms with Crippen LogP contribution in [0.5, 0.6) is 0 Å². The third-order valence-corrected chi connectivity index (χ3v) is 4.01. The lowest BCUT2D eigenvalue weighted by molar-refractivity contribution is 0.465. The van der Waals surface area contributed by atoms with E-state index in [0.29, 0.717) is 12.0 Å². The molecule has 0 saturated heterocycles. The SMILES string of the molecule is CNC(CSc1cccc(Br)c1)C(C)C. The summed E-state index contributed by atoms with van der Waals surface area (Å²) in [6.07, 6.45) is 0. The van der Waals surface area contributed by atoms with Gasteiger partial charge in [-0.1, -0.05) is 35.8 Å². The molecule has 0 heterocycles. The highest BCUT2D eigenvalue weighted by Gasteiger charge is 2.10. The minimum Gasteiger partial charge on any atom is -0.316 e. The quantitative estimate of drug-likeness (QED) is 0.827. The molecule has 1 atom stereocenters. The molecule has 84 valence electrons. The van der Waals surface area contributed by atoms with Crippen LogP contribution in [0.2, 0.25) is 0 Å². The van der Waals surface area contributed by atoms with Crippen molar-refractivity contribution in [2.24, 2.45) is 5.92 Å². The molecule has 3 heteroatoms. The zero-order valence-electron chi connectivity index (χ0n) is 9.46. The molecule has 0 spiro atoms. The summed E-state index contributed by atoms with van der Waals surface area (Å²) in [6.45, 7) is 4.51. The van der Waals surface area contributed by atoms with E-state index in [1.165, 1.54) is 4.90 Å². The van der Waals surface area contributed by atoms with Gasteiger partial charge in [0.25, 0.3) is 0 Å². The molecule has 1 N–H and O–H groups in total. The standard InChI is InChI=1S/C12H18BrNS/c1-9(2)12(14-3)8-15-11-6-4-5-10(13)7-11/h4-7,9,12,14H,8H2,1-3H3. The summed E-state index contributed by atoms with van der Waals surface area (Å²) in [4.78, 5) is 1.32. The highest BCUT2D eigenvalue weighted by Crippen LogP contribution is 2.23. The third-order valence-electron chi connectivity index (χ3n) is 2.40. The zero-order valence-corrected chi connectivity index (χ0v) is 11.9. The first-order valence-corrected chi connectivity index (χ1v) is 6.97. The minimum atomic E-state index is 0.578. The summed E-state index contributed by atoms with van der Waals surface area (Å²) in [7, 11) is 2.03.